The number of amides is 1. The van der Waals surface area contributed by atoms with Crippen molar-refractivity contribution in [1.82, 2.24) is 4.90 Å². The molecule has 0 atom stereocenters. The van der Waals surface area contributed by atoms with Crippen LogP contribution in [0.3, 0.4) is 0 Å². The molecule has 0 radical (unpaired) electrons. The minimum atomic E-state index is -0.844. The molecule has 2 fully saturated rings. The number of carboxylic acid groups (broad SMARTS) is 1. The smallest absolute Gasteiger partial charge is 0.329 e. The molecule has 2 saturated carbocycles. The maximum Gasteiger partial charge on any atom is 0.329 e. The number of carbonyl (C=O) groups is 2. The zero-order valence-corrected chi connectivity index (χ0v) is 7.40. The van der Waals surface area contributed by atoms with Crippen molar-refractivity contribution >= 4 is 12.4 Å². The summed E-state index contributed by atoms with van der Waals surface area (Å²) in [5, 5.41) is 9.06. The molecule has 0 aromatic heterocycles. The second kappa shape index (κ2) is 2.72. The summed E-state index contributed by atoms with van der Waals surface area (Å²) in [6.07, 6.45) is 4.81. The van der Waals surface area contributed by atoms with Crippen LogP contribution in [-0.2, 0) is 9.59 Å². The lowest BCUT2D eigenvalue weighted by molar-refractivity contribution is -0.162. The van der Waals surface area contributed by atoms with Crippen LogP contribution in [-0.4, -0.2) is 34.0 Å². The molecule has 0 unspecified atom stereocenters. The summed E-state index contributed by atoms with van der Waals surface area (Å²) < 4.78 is 0. The monoisotopic (exact) mass is 183 g/mol. The van der Waals surface area contributed by atoms with Crippen molar-refractivity contribution in [3.63, 3.8) is 0 Å². The Bertz CT molecular complexity index is 243. The molecule has 0 saturated heterocycles. The van der Waals surface area contributed by atoms with E-state index in [1.807, 2.05) is 0 Å². The van der Waals surface area contributed by atoms with Crippen LogP contribution in [0, 0.1) is 0 Å². The van der Waals surface area contributed by atoms with Crippen LogP contribution in [0.15, 0.2) is 0 Å². The topological polar surface area (TPSA) is 57.6 Å². The molecule has 1 amide bonds. The average Bonchev–Trinajstić information content (AvgIpc) is 2.77. The number of nitrogens with zero attached hydrogens (tertiary/aromatic N) is 1. The van der Waals surface area contributed by atoms with Crippen LogP contribution in [0.5, 0.6) is 0 Å². The normalized spacial score (nSPS) is 24.6. The van der Waals surface area contributed by atoms with Crippen molar-refractivity contribution in [2.24, 2.45) is 0 Å². The van der Waals surface area contributed by atoms with Crippen molar-refractivity contribution < 1.29 is 14.7 Å². The van der Waals surface area contributed by atoms with Gasteiger partial charge in [0, 0.05) is 6.04 Å². The second-order valence-electron chi connectivity index (χ2n) is 3.93. The molecule has 0 aromatic rings. The highest BCUT2D eigenvalue weighted by Gasteiger charge is 2.53. The molecule has 72 valence electrons. The summed E-state index contributed by atoms with van der Waals surface area (Å²) >= 11 is 0. The molecule has 0 bridgehead atoms. The molecule has 2 aliphatic carbocycles. The van der Waals surface area contributed by atoms with Gasteiger partial charge >= 0.3 is 5.97 Å². The Balaban J connectivity index is 2.17. The van der Waals surface area contributed by atoms with Crippen LogP contribution in [0.4, 0.5) is 0 Å². The highest BCUT2D eigenvalue weighted by Crippen LogP contribution is 2.43. The highest BCUT2D eigenvalue weighted by atomic mass is 16.4. The van der Waals surface area contributed by atoms with E-state index in [9.17, 15) is 9.59 Å². The zero-order valence-electron chi connectivity index (χ0n) is 7.40. The quantitative estimate of drug-likeness (QED) is 0.650. The molecule has 13 heavy (non-hydrogen) atoms. The summed E-state index contributed by atoms with van der Waals surface area (Å²) in [6.45, 7) is 0. The largest absolute Gasteiger partial charge is 0.479 e. The van der Waals surface area contributed by atoms with E-state index in [2.05, 4.69) is 0 Å². The molecule has 4 nitrogen and oxygen atoms in total. The van der Waals surface area contributed by atoms with Crippen molar-refractivity contribution in [3.8, 4) is 0 Å². The SMILES string of the molecule is O=CN(C1CC1)C1(C(=O)O)CCC1. The Morgan fingerprint density at radius 1 is 1.46 bits per heavy atom. The maximum atomic E-state index is 11.0. The van der Waals surface area contributed by atoms with Crippen molar-refractivity contribution in [3.05, 3.63) is 0 Å². The predicted octanol–water partition coefficient (Wildman–Crippen LogP) is 0.614. The Labute approximate surface area is 76.5 Å². The van der Waals surface area contributed by atoms with Gasteiger partial charge in [-0.15, -0.1) is 0 Å². The first-order valence-electron chi connectivity index (χ1n) is 4.68. The van der Waals surface area contributed by atoms with E-state index in [0.717, 1.165) is 19.3 Å². The van der Waals surface area contributed by atoms with Gasteiger partial charge in [-0.25, -0.2) is 4.79 Å². The van der Waals surface area contributed by atoms with Gasteiger partial charge in [0.15, 0.2) is 0 Å². The third-order valence-electron chi connectivity index (χ3n) is 3.13. The Morgan fingerprint density at radius 2 is 2.08 bits per heavy atom. The van der Waals surface area contributed by atoms with E-state index in [0.29, 0.717) is 19.3 Å². The molecule has 4 heteroatoms. The van der Waals surface area contributed by atoms with E-state index >= 15 is 0 Å². The van der Waals surface area contributed by atoms with Gasteiger partial charge in [-0.2, -0.15) is 0 Å². The van der Waals surface area contributed by atoms with Crippen LogP contribution in [0.1, 0.15) is 32.1 Å². The molecule has 0 aromatic carbocycles. The van der Waals surface area contributed by atoms with Gasteiger partial charge in [0.25, 0.3) is 0 Å². The van der Waals surface area contributed by atoms with Crippen LogP contribution >= 0.6 is 0 Å². The molecule has 0 heterocycles. The predicted molar refractivity (Wildman–Crippen MR) is 45.1 cm³/mol. The zero-order chi connectivity index (χ0) is 9.47. The number of hydrogen-bond acceptors (Lipinski definition) is 2. The molecular formula is C9H13NO3. The summed E-state index contributed by atoms with van der Waals surface area (Å²) in [5.41, 5.74) is -0.844. The van der Waals surface area contributed by atoms with Gasteiger partial charge in [0.05, 0.1) is 0 Å². The van der Waals surface area contributed by atoms with E-state index in [-0.39, 0.29) is 6.04 Å². The van der Waals surface area contributed by atoms with E-state index in [1.54, 1.807) is 0 Å². The lowest BCUT2D eigenvalue weighted by atomic mass is 9.75. The highest BCUT2D eigenvalue weighted by molar-refractivity contribution is 5.83. The van der Waals surface area contributed by atoms with Gasteiger partial charge in [0.2, 0.25) is 6.41 Å². The first kappa shape index (κ1) is 8.53. The van der Waals surface area contributed by atoms with Gasteiger partial charge < -0.3 is 10.0 Å². The van der Waals surface area contributed by atoms with Crippen LogP contribution in [0.25, 0.3) is 0 Å². The number of rotatable bonds is 4. The van der Waals surface area contributed by atoms with E-state index in [4.69, 9.17) is 5.11 Å². The number of carboxylic acids is 1. The number of carbonyl (C=O) groups excluding carboxylic acids is 1. The van der Waals surface area contributed by atoms with Crippen LogP contribution in [0.2, 0.25) is 0 Å². The molecular weight excluding hydrogens is 170 g/mol. The molecule has 0 aliphatic heterocycles. The Morgan fingerprint density at radius 3 is 2.31 bits per heavy atom. The minimum absolute atomic E-state index is 0.203. The third-order valence-corrected chi connectivity index (χ3v) is 3.13. The fourth-order valence-corrected chi connectivity index (χ4v) is 1.98. The first-order valence-corrected chi connectivity index (χ1v) is 4.68. The van der Waals surface area contributed by atoms with Gasteiger partial charge in [-0.3, -0.25) is 4.79 Å². The fraction of sp³-hybridized carbons (Fsp3) is 0.778. The minimum Gasteiger partial charge on any atom is -0.479 e. The van der Waals surface area contributed by atoms with Gasteiger partial charge in [-0.1, -0.05) is 0 Å². The lowest BCUT2D eigenvalue weighted by Gasteiger charge is -2.45. The van der Waals surface area contributed by atoms with Gasteiger partial charge in [0.1, 0.15) is 5.54 Å². The number of hydrogen-bond donors (Lipinski definition) is 1. The van der Waals surface area contributed by atoms with E-state index in [1.165, 1.54) is 4.90 Å². The summed E-state index contributed by atoms with van der Waals surface area (Å²) in [7, 11) is 0. The van der Waals surface area contributed by atoms with Crippen molar-refractivity contribution in [2.45, 2.75) is 43.7 Å². The lowest BCUT2D eigenvalue weighted by Crippen LogP contribution is -2.59. The average molecular weight is 183 g/mol. The summed E-state index contributed by atoms with van der Waals surface area (Å²) in [6, 6.07) is 0.203. The fourth-order valence-electron chi connectivity index (χ4n) is 1.98. The third kappa shape index (κ3) is 1.12. The summed E-state index contributed by atoms with van der Waals surface area (Å²) in [5.74, 6) is -0.835. The van der Waals surface area contributed by atoms with Crippen molar-refractivity contribution in [1.29, 1.82) is 0 Å². The Hall–Kier alpha value is -1.06. The maximum absolute atomic E-state index is 11.0. The second-order valence-corrected chi connectivity index (χ2v) is 3.93. The standard InChI is InChI=1S/C9H13NO3/c11-6-10(7-2-3-7)9(8(12)13)4-1-5-9/h6-7H,1-5H2,(H,12,13). The molecule has 2 aliphatic rings. The molecule has 1 N–H and O–H groups in total. The Kier molecular flexibility index (Phi) is 1.78. The van der Waals surface area contributed by atoms with Crippen LogP contribution < -0.4 is 0 Å². The first-order chi connectivity index (χ1) is 6.20. The van der Waals surface area contributed by atoms with E-state index < -0.39 is 11.5 Å². The molecule has 0 spiro atoms. The summed E-state index contributed by atoms with van der Waals surface area (Å²) in [4.78, 5) is 23.4. The molecule has 2 rings (SSSR count). The van der Waals surface area contributed by atoms with Crippen molar-refractivity contribution in [2.75, 3.05) is 0 Å². The van der Waals surface area contributed by atoms with Gasteiger partial charge in [-0.05, 0) is 32.1 Å². The number of aliphatic carboxylic acids is 1.